The molecule has 18 heavy (non-hydrogen) atoms. The lowest BCUT2D eigenvalue weighted by Gasteiger charge is -2.08. The molecular formula is C13H13N3O2. The van der Waals surface area contributed by atoms with Crippen LogP contribution in [-0.4, -0.2) is 16.0 Å². The molecule has 2 aromatic rings. The maximum absolute atomic E-state index is 11.9. The number of carbonyl (C=O) groups excluding carboxylic acids is 1. The highest BCUT2D eigenvalue weighted by atomic mass is 16.3. The van der Waals surface area contributed by atoms with Crippen molar-refractivity contribution >= 4 is 17.3 Å². The van der Waals surface area contributed by atoms with E-state index in [1.165, 1.54) is 12.3 Å². The molecular weight excluding hydrogens is 230 g/mol. The summed E-state index contributed by atoms with van der Waals surface area (Å²) in [6.07, 6.45) is 1.41. The minimum atomic E-state index is -0.393. The van der Waals surface area contributed by atoms with E-state index in [-0.39, 0.29) is 11.4 Å². The first-order chi connectivity index (χ1) is 8.58. The van der Waals surface area contributed by atoms with E-state index < -0.39 is 5.91 Å². The van der Waals surface area contributed by atoms with Gasteiger partial charge in [-0.1, -0.05) is 12.1 Å². The monoisotopic (exact) mass is 243 g/mol. The Morgan fingerprint density at radius 1 is 1.33 bits per heavy atom. The third-order valence-corrected chi connectivity index (χ3v) is 2.50. The summed E-state index contributed by atoms with van der Waals surface area (Å²) in [5, 5.41) is 12.4. The molecule has 92 valence electrons. The van der Waals surface area contributed by atoms with Crippen LogP contribution in [-0.2, 0) is 0 Å². The Kier molecular flexibility index (Phi) is 3.14. The average molecular weight is 243 g/mol. The highest BCUT2D eigenvalue weighted by molar-refractivity contribution is 6.03. The Hall–Kier alpha value is -2.56. The molecule has 0 bridgehead atoms. The number of phenols is 1. The molecule has 5 heteroatoms. The van der Waals surface area contributed by atoms with Crippen LogP contribution in [0.3, 0.4) is 0 Å². The molecule has 0 radical (unpaired) electrons. The second-order valence-corrected chi connectivity index (χ2v) is 3.90. The topological polar surface area (TPSA) is 88.2 Å². The average Bonchev–Trinajstić information content (AvgIpc) is 2.36. The first-order valence-corrected chi connectivity index (χ1v) is 5.39. The number of nitrogen functional groups attached to an aromatic ring is 1. The first-order valence-electron chi connectivity index (χ1n) is 5.39. The van der Waals surface area contributed by atoms with Crippen LogP contribution in [0.15, 0.2) is 36.5 Å². The molecule has 1 amide bonds. The lowest BCUT2D eigenvalue weighted by Crippen LogP contribution is -2.13. The highest BCUT2D eigenvalue weighted by Gasteiger charge is 2.10. The number of phenolic OH excluding ortho intramolecular Hbond substituents is 1. The zero-order chi connectivity index (χ0) is 13.1. The fourth-order valence-electron chi connectivity index (χ4n) is 1.49. The maximum atomic E-state index is 11.9. The largest absolute Gasteiger partial charge is 0.505 e. The molecule has 0 aliphatic carbocycles. The Labute approximate surface area is 104 Å². The number of pyridine rings is 1. The van der Waals surface area contributed by atoms with Crippen LogP contribution in [0.25, 0.3) is 0 Å². The number of aromatic hydroxyl groups is 1. The van der Waals surface area contributed by atoms with Gasteiger partial charge in [0.05, 0.1) is 17.6 Å². The third kappa shape index (κ3) is 2.40. The molecule has 0 aliphatic rings. The number of nitrogens with two attached hydrogens (primary N) is 1. The normalized spacial score (nSPS) is 10.1. The van der Waals surface area contributed by atoms with E-state index in [0.29, 0.717) is 16.9 Å². The van der Waals surface area contributed by atoms with Gasteiger partial charge >= 0.3 is 0 Å². The molecule has 0 aliphatic heterocycles. The van der Waals surface area contributed by atoms with Crippen LogP contribution in [0, 0.1) is 6.92 Å². The second-order valence-electron chi connectivity index (χ2n) is 3.90. The van der Waals surface area contributed by atoms with E-state index in [0.717, 1.165) is 0 Å². The Bertz CT molecular complexity index is 579. The molecule has 1 aromatic heterocycles. The van der Waals surface area contributed by atoms with Gasteiger partial charge in [0.2, 0.25) is 0 Å². The van der Waals surface area contributed by atoms with Crippen molar-refractivity contribution in [1.29, 1.82) is 0 Å². The molecule has 0 atom stereocenters. The van der Waals surface area contributed by atoms with Gasteiger partial charge in [-0.15, -0.1) is 0 Å². The molecule has 4 N–H and O–H groups in total. The van der Waals surface area contributed by atoms with Crippen LogP contribution in [0.1, 0.15) is 16.1 Å². The number of carbonyl (C=O) groups is 1. The van der Waals surface area contributed by atoms with E-state index in [1.54, 1.807) is 31.2 Å². The molecule has 0 saturated heterocycles. The predicted octanol–water partition coefficient (Wildman–Crippen LogP) is 1.93. The van der Waals surface area contributed by atoms with Crippen molar-refractivity contribution in [1.82, 2.24) is 4.98 Å². The number of amides is 1. The zero-order valence-corrected chi connectivity index (χ0v) is 9.84. The molecule has 0 unspecified atom stereocenters. The number of hydrogen-bond donors (Lipinski definition) is 3. The van der Waals surface area contributed by atoms with Gasteiger partial charge in [0.25, 0.3) is 5.91 Å². The summed E-state index contributed by atoms with van der Waals surface area (Å²) in [6.45, 7) is 1.76. The van der Waals surface area contributed by atoms with Gasteiger partial charge in [-0.2, -0.15) is 0 Å². The van der Waals surface area contributed by atoms with Crippen LogP contribution >= 0.6 is 0 Å². The SMILES string of the molecule is Cc1cccc(NC(=O)c2ccc(N)cn2)c1O. The Morgan fingerprint density at radius 2 is 2.11 bits per heavy atom. The van der Waals surface area contributed by atoms with E-state index in [2.05, 4.69) is 10.3 Å². The minimum Gasteiger partial charge on any atom is -0.505 e. The molecule has 0 fully saturated rings. The van der Waals surface area contributed by atoms with E-state index in [4.69, 9.17) is 5.73 Å². The Morgan fingerprint density at radius 3 is 2.78 bits per heavy atom. The van der Waals surface area contributed by atoms with Crippen LogP contribution in [0.5, 0.6) is 5.75 Å². The molecule has 0 spiro atoms. The summed E-state index contributed by atoms with van der Waals surface area (Å²) in [5.41, 5.74) is 7.27. The molecule has 1 heterocycles. The number of rotatable bonds is 2. The fourth-order valence-corrected chi connectivity index (χ4v) is 1.49. The first kappa shape index (κ1) is 11.9. The molecule has 5 nitrogen and oxygen atoms in total. The number of aromatic nitrogens is 1. The van der Waals surface area contributed by atoms with Gasteiger partial charge in [-0.25, -0.2) is 4.98 Å². The van der Waals surface area contributed by atoms with Gasteiger partial charge in [0.1, 0.15) is 11.4 Å². The summed E-state index contributed by atoms with van der Waals surface area (Å²) in [7, 11) is 0. The number of aryl methyl sites for hydroxylation is 1. The van der Waals surface area contributed by atoms with Crippen molar-refractivity contribution in [2.75, 3.05) is 11.1 Å². The van der Waals surface area contributed by atoms with Crippen molar-refractivity contribution in [3.63, 3.8) is 0 Å². The van der Waals surface area contributed by atoms with Gasteiger partial charge in [-0.05, 0) is 30.7 Å². The van der Waals surface area contributed by atoms with Crippen LogP contribution in [0.4, 0.5) is 11.4 Å². The number of hydrogen-bond acceptors (Lipinski definition) is 4. The van der Waals surface area contributed by atoms with Crippen molar-refractivity contribution in [2.45, 2.75) is 6.92 Å². The molecule has 0 saturated carbocycles. The molecule has 2 rings (SSSR count). The molecule has 1 aromatic carbocycles. The predicted molar refractivity (Wildman–Crippen MR) is 69.4 cm³/mol. The summed E-state index contributed by atoms with van der Waals surface area (Å²) < 4.78 is 0. The van der Waals surface area contributed by atoms with Gasteiger partial charge in [-0.3, -0.25) is 4.79 Å². The van der Waals surface area contributed by atoms with Crippen molar-refractivity contribution < 1.29 is 9.90 Å². The Balaban J connectivity index is 2.21. The quantitative estimate of drug-likeness (QED) is 0.703. The smallest absolute Gasteiger partial charge is 0.274 e. The second kappa shape index (κ2) is 4.75. The standard InChI is InChI=1S/C13H13N3O2/c1-8-3-2-4-10(12(8)17)16-13(18)11-6-5-9(14)7-15-11/h2-7,17H,14H2,1H3,(H,16,18). The van der Waals surface area contributed by atoms with Gasteiger partial charge in [0.15, 0.2) is 0 Å². The summed E-state index contributed by atoms with van der Waals surface area (Å²) in [5.74, 6) is -0.336. The third-order valence-electron chi connectivity index (χ3n) is 2.50. The fraction of sp³-hybridized carbons (Fsp3) is 0.0769. The number of nitrogens with one attached hydrogen (secondary N) is 1. The van der Waals surface area contributed by atoms with E-state index in [9.17, 15) is 9.90 Å². The van der Waals surface area contributed by atoms with Gasteiger partial charge < -0.3 is 16.2 Å². The zero-order valence-electron chi connectivity index (χ0n) is 9.84. The lowest BCUT2D eigenvalue weighted by atomic mass is 10.2. The van der Waals surface area contributed by atoms with Crippen LogP contribution in [0.2, 0.25) is 0 Å². The maximum Gasteiger partial charge on any atom is 0.274 e. The summed E-state index contributed by atoms with van der Waals surface area (Å²) in [4.78, 5) is 15.8. The van der Waals surface area contributed by atoms with E-state index >= 15 is 0 Å². The highest BCUT2D eigenvalue weighted by Crippen LogP contribution is 2.26. The number of benzene rings is 1. The minimum absolute atomic E-state index is 0.0568. The number of para-hydroxylation sites is 1. The van der Waals surface area contributed by atoms with Crippen molar-refractivity contribution in [2.24, 2.45) is 0 Å². The van der Waals surface area contributed by atoms with Crippen molar-refractivity contribution in [3.05, 3.63) is 47.8 Å². The van der Waals surface area contributed by atoms with Gasteiger partial charge in [0, 0.05) is 0 Å². The van der Waals surface area contributed by atoms with Crippen LogP contribution < -0.4 is 11.1 Å². The van der Waals surface area contributed by atoms with E-state index in [1.807, 2.05) is 0 Å². The number of anilines is 2. The number of nitrogens with zero attached hydrogens (tertiary/aromatic N) is 1. The lowest BCUT2D eigenvalue weighted by molar-refractivity contribution is 0.102. The van der Waals surface area contributed by atoms with Crippen molar-refractivity contribution in [3.8, 4) is 5.75 Å². The summed E-state index contributed by atoms with van der Waals surface area (Å²) in [6, 6.07) is 8.25. The summed E-state index contributed by atoms with van der Waals surface area (Å²) >= 11 is 0.